The molecule has 2 heterocycles. The molecule has 2 aromatic rings. The van der Waals surface area contributed by atoms with E-state index < -0.39 is 0 Å². The fourth-order valence-electron chi connectivity index (χ4n) is 3.28. The van der Waals surface area contributed by atoms with Crippen molar-refractivity contribution in [2.75, 3.05) is 26.5 Å². The Kier molecular flexibility index (Phi) is 5.71. The molecule has 0 aliphatic carbocycles. The van der Waals surface area contributed by atoms with Crippen LogP contribution in [0.15, 0.2) is 42.5 Å². The first-order valence-corrected chi connectivity index (χ1v) is 9.93. The van der Waals surface area contributed by atoms with Gasteiger partial charge in [0.25, 0.3) is 0 Å². The van der Waals surface area contributed by atoms with Crippen LogP contribution in [0.3, 0.4) is 0 Å². The smallest absolute Gasteiger partial charge is 0.231 e. The SMILES string of the molecule is CCCN(C[C@H]1COc2ccccc2O1)C(=S)NCc1ccc2c(c1)OCO2. The van der Waals surface area contributed by atoms with Crippen LogP contribution in [-0.2, 0) is 6.54 Å². The van der Waals surface area contributed by atoms with Crippen LogP contribution in [0.1, 0.15) is 18.9 Å². The van der Waals surface area contributed by atoms with Crippen molar-refractivity contribution in [1.29, 1.82) is 0 Å². The minimum absolute atomic E-state index is 0.0632. The first-order chi connectivity index (χ1) is 13.7. The maximum Gasteiger partial charge on any atom is 0.231 e. The lowest BCUT2D eigenvalue weighted by Gasteiger charge is -2.32. The van der Waals surface area contributed by atoms with E-state index in [1.54, 1.807) is 0 Å². The molecule has 0 saturated heterocycles. The number of thiocarbonyl (C=S) groups is 1. The number of fused-ring (bicyclic) bond motifs is 2. The highest BCUT2D eigenvalue weighted by atomic mass is 32.1. The van der Waals surface area contributed by atoms with Gasteiger partial charge >= 0.3 is 0 Å². The second-order valence-electron chi connectivity index (χ2n) is 6.79. The second-order valence-corrected chi connectivity index (χ2v) is 7.18. The summed E-state index contributed by atoms with van der Waals surface area (Å²) in [5, 5.41) is 4.06. The minimum atomic E-state index is -0.0632. The van der Waals surface area contributed by atoms with Crippen LogP contribution >= 0.6 is 12.2 Å². The quantitative estimate of drug-likeness (QED) is 0.747. The Hall–Kier alpha value is -2.67. The zero-order valence-corrected chi connectivity index (χ0v) is 16.7. The molecule has 0 bridgehead atoms. The van der Waals surface area contributed by atoms with E-state index in [0.717, 1.165) is 41.5 Å². The normalized spacial score (nSPS) is 16.5. The predicted octanol–water partition coefficient (Wildman–Crippen LogP) is 3.34. The van der Waals surface area contributed by atoms with Gasteiger partial charge in [-0.15, -0.1) is 0 Å². The van der Waals surface area contributed by atoms with E-state index in [2.05, 4.69) is 17.1 Å². The van der Waals surface area contributed by atoms with E-state index in [9.17, 15) is 0 Å². The molecular formula is C21H24N2O4S. The molecule has 1 N–H and O–H groups in total. The van der Waals surface area contributed by atoms with Gasteiger partial charge in [0.05, 0.1) is 6.54 Å². The summed E-state index contributed by atoms with van der Waals surface area (Å²) in [6, 6.07) is 13.7. The van der Waals surface area contributed by atoms with Crippen LogP contribution in [0, 0.1) is 0 Å². The molecular weight excluding hydrogens is 376 g/mol. The lowest BCUT2D eigenvalue weighted by atomic mass is 10.2. The molecule has 0 fully saturated rings. The molecule has 2 aromatic carbocycles. The van der Waals surface area contributed by atoms with Gasteiger partial charge in [0.2, 0.25) is 6.79 Å². The third-order valence-electron chi connectivity index (χ3n) is 4.65. The van der Waals surface area contributed by atoms with Crippen LogP contribution in [-0.4, -0.2) is 42.6 Å². The van der Waals surface area contributed by atoms with Gasteiger partial charge in [-0.05, 0) is 48.5 Å². The average molecular weight is 401 g/mol. The third kappa shape index (κ3) is 4.25. The molecule has 7 heteroatoms. The highest BCUT2D eigenvalue weighted by molar-refractivity contribution is 7.80. The van der Waals surface area contributed by atoms with E-state index in [4.69, 9.17) is 31.2 Å². The number of hydrogen-bond donors (Lipinski definition) is 1. The molecule has 28 heavy (non-hydrogen) atoms. The first kappa shape index (κ1) is 18.7. The molecule has 0 amide bonds. The highest BCUT2D eigenvalue weighted by Gasteiger charge is 2.24. The fraction of sp³-hybridized carbons (Fsp3) is 0.381. The van der Waals surface area contributed by atoms with Crippen LogP contribution in [0.5, 0.6) is 23.0 Å². The van der Waals surface area contributed by atoms with Crippen molar-refractivity contribution in [3.63, 3.8) is 0 Å². The maximum absolute atomic E-state index is 6.09. The highest BCUT2D eigenvalue weighted by Crippen LogP contribution is 2.33. The van der Waals surface area contributed by atoms with Gasteiger partial charge in [0.15, 0.2) is 34.2 Å². The molecule has 0 unspecified atom stereocenters. The number of rotatable bonds is 6. The summed E-state index contributed by atoms with van der Waals surface area (Å²) >= 11 is 5.65. The van der Waals surface area contributed by atoms with Crippen molar-refractivity contribution in [2.45, 2.75) is 26.0 Å². The summed E-state index contributed by atoms with van der Waals surface area (Å²) in [4.78, 5) is 2.14. The van der Waals surface area contributed by atoms with Crippen molar-refractivity contribution in [3.8, 4) is 23.0 Å². The molecule has 0 radical (unpaired) electrons. The summed E-state index contributed by atoms with van der Waals surface area (Å²) in [6.07, 6.45) is 0.933. The third-order valence-corrected chi connectivity index (χ3v) is 5.06. The molecule has 2 aliphatic rings. The zero-order chi connectivity index (χ0) is 19.3. The Morgan fingerprint density at radius 1 is 1.07 bits per heavy atom. The van der Waals surface area contributed by atoms with E-state index in [1.165, 1.54) is 0 Å². The van der Waals surface area contributed by atoms with Crippen LogP contribution in [0.2, 0.25) is 0 Å². The van der Waals surface area contributed by atoms with Crippen molar-refractivity contribution in [3.05, 3.63) is 48.0 Å². The monoisotopic (exact) mass is 400 g/mol. The van der Waals surface area contributed by atoms with Crippen molar-refractivity contribution < 1.29 is 18.9 Å². The van der Waals surface area contributed by atoms with Crippen LogP contribution < -0.4 is 24.3 Å². The Morgan fingerprint density at radius 2 is 1.86 bits per heavy atom. The Bertz CT molecular complexity index is 845. The zero-order valence-electron chi connectivity index (χ0n) is 15.8. The number of para-hydroxylation sites is 2. The summed E-state index contributed by atoms with van der Waals surface area (Å²) in [5.74, 6) is 3.15. The summed E-state index contributed by atoms with van der Waals surface area (Å²) < 4.78 is 22.7. The Labute approximate surface area is 170 Å². The van der Waals surface area contributed by atoms with E-state index in [-0.39, 0.29) is 12.9 Å². The van der Waals surface area contributed by atoms with E-state index in [1.807, 2.05) is 42.5 Å². The van der Waals surface area contributed by atoms with Crippen molar-refractivity contribution in [1.82, 2.24) is 10.2 Å². The van der Waals surface area contributed by atoms with Gasteiger partial charge in [-0.25, -0.2) is 0 Å². The average Bonchev–Trinajstić information content (AvgIpc) is 3.19. The second kappa shape index (κ2) is 8.56. The number of ether oxygens (including phenoxy) is 4. The van der Waals surface area contributed by atoms with Crippen LogP contribution in [0.4, 0.5) is 0 Å². The lowest BCUT2D eigenvalue weighted by Crippen LogP contribution is -2.47. The molecule has 0 spiro atoms. The topological polar surface area (TPSA) is 52.2 Å². The first-order valence-electron chi connectivity index (χ1n) is 9.52. The van der Waals surface area contributed by atoms with Gasteiger partial charge < -0.3 is 29.2 Å². The predicted molar refractivity (Wildman–Crippen MR) is 110 cm³/mol. The van der Waals surface area contributed by atoms with Gasteiger partial charge in [0.1, 0.15) is 6.61 Å². The molecule has 6 nitrogen and oxygen atoms in total. The van der Waals surface area contributed by atoms with Crippen molar-refractivity contribution in [2.24, 2.45) is 0 Å². The summed E-state index contributed by atoms with van der Waals surface area (Å²) in [5.41, 5.74) is 1.09. The Morgan fingerprint density at radius 3 is 2.71 bits per heavy atom. The van der Waals surface area contributed by atoms with Gasteiger partial charge in [-0.3, -0.25) is 0 Å². The maximum atomic E-state index is 6.09. The Balaban J connectivity index is 1.34. The van der Waals surface area contributed by atoms with E-state index >= 15 is 0 Å². The van der Waals surface area contributed by atoms with Gasteiger partial charge in [-0.1, -0.05) is 25.1 Å². The van der Waals surface area contributed by atoms with Gasteiger partial charge in [-0.2, -0.15) is 0 Å². The molecule has 0 aromatic heterocycles. The van der Waals surface area contributed by atoms with Gasteiger partial charge in [0, 0.05) is 13.1 Å². The summed E-state index contributed by atoms with van der Waals surface area (Å²) in [6.45, 7) is 5.09. The van der Waals surface area contributed by atoms with Crippen molar-refractivity contribution >= 4 is 17.3 Å². The molecule has 0 saturated carbocycles. The van der Waals surface area contributed by atoms with Crippen LogP contribution in [0.25, 0.3) is 0 Å². The molecule has 4 rings (SSSR count). The largest absolute Gasteiger partial charge is 0.486 e. The number of nitrogens with zero attached hydrogens (tertiary/aromatic N) is 1. The molecule has 2 aliphatic heterocycles. The minimum Gasteiger partial charge on any atom is -0.486 e. The number of benzene rings is 2. The molecule has 148 valence electrons. The summed E-state index contributed by atoms with van der Waals surface area (Å²) in [7, 11) is 0. The fourth-order valence-corrected chi connectivity index (χ4v) is 3.52. The number of hydrogen-bond acceptors (Lipinski definition) is 5. The standard InChI is InChI=1S/C21H24N2O4S/c1-2-9-23(12-16-13-24-17-5-3-4-6-19(17)27-16)21(28)22-11-15-7-8-18-20(10-15)26-14-25-18/h3-8,10,16H,2,9,11-14H2,1H3,(H,22,28)/t16-/m0/s1. The number of nitrogens with one attached hydrogen (secondary N) is 1. The lowest BCUT2D eigenvalue weighted by molar-refractivity contribution is 0.0740. The van der Waals surface area contributed by atoms with E-state index in [0.29, 0.717) is 24.8 Å². The molecule has 1 atom stereocenters.